The maximum atomic E-state index is 12.1. The van der Waals surface area contributed by atoms with Crippen molar-refractivity contribution in [2.75, 3.05) is 26.7 Å². The first-order valence-electron chi connectivity index (χ1n) is 6.60. The van der Waals surface area contributed by atoms with Crippen LogP contribution in [0, 0.1) is 5.92 Å². The Balaban J connectivity index is 1.90. The predicted molar refractivity (Wildman–Crippen MR) is 69.2 cm³/mol. The molecular formula is C11H23N3O3S. The molecule has 2 aliphatic rings. The molecule has 0 bridgehead atoms. The minimum Gasteiger partial charge on any atom is -0.376 e. The van der Waals surface area contributed by atoms with Gasteiger partial charge in [0.05, 0.1) is 12.1 Å². The van der Waals surface area contributed by atoms with Crippen molar-refractivity contribution in [3.05, 3.63) is 0 Å². The Morgan fingerprint density at radius 3 is 2.72 bits per heavy atom. The van der Waals surface area contributed by atoms with Crippen LogP contribution >= 0.6 is 0 Å². The second-order valence-corrected chi connectivity index (χ2v) is 6.96. The van der Waals surface area contributed by atoms with Gasteiger partial charge in [0.1, 0.15) is 0 Å². The van der Waals surface area contributed by atoms with Crippen LogP contribution in [-0.4, -0.2) is 51.6 Å². The molecule has 0 aromatic heterocycles. The van der Waals surface area contributed by atoms with Crippen LogP contribution in [0.2, 0.25) is 0 Å². The van der Waals surface area contributed by atoms with Crippen molar-refractivity contribution < 1.29 is 13.2 Å². The lowest BCUT2D eigenvalue weighted by atomic mass is 10.1. The molecule has 0 spiro atoms. The van der Waals surface area contributed by atoms with E-state index < -0.39 is 10.2 Å². The number of nitrogens with zero attached hydrogens (tertiary/aromatic N) is 1. The average Bonchev–Trinajstić information content (AvgIpc) is 3.07. The van der Waals surface area contributed by atoms with Gasteiger partial charge < -0.3 is 10.5 Å². The number of hydrogen-bond acceptors (Lipinski definition) is 4. The van der Waals surface area contributed by atoms with Gasteiger partial charge in [-0.2, -0.15) is 17.4 Å². The van der Waals surface area contributed by atoms with Crippen LogP contribution in [0.3, 0.4) is 0 Å². The van der Waals surface area contributed by atoms with E-state index in [1.807, 2.05) is 0 Å². The number of hydrogen-bond donors (Lipinski definition) is 2. The van der Waals surface area contributed by atoms with E-state index in [9.17, 15) is 8.42 Å². The molecule has 0 amide bonds. The fourth-order valence-corrected chi connectivity index (χ4v) is 3.53. The fraction of sp³-hybridized carbons (Fsp3) is 1.00. The Morgan fingerprint density at radius 1 is 1.39 bits per heavy atom. The molecule has 106 valence electrons. The van der Waals surface area contributed by atoms with E-state index in [2.05, 4.69) is 4.72 Å². The van der Waals surface area contributed by atoms with Crippen LogP contribution in [0.4, 0.5) is 0 Å². The van der Waals surface area contributed by atoms with Crippen molar-refractivity contribution in [1.82, 2.24) is 9.03 Å². The molecule has 6 nitrogen and oxygen atoms in total. The van der Waals surface area contributed by atoms with Crippen molar-refractivity contribution in [2.24, 2.45) is 11.7 Å². The number of rotatable bonds is 7. The topological polar surface area (TPSA) is 84.7 Å². The van der Waals surface area contributed by atoms with E-state index in [4.69, 9.17) is 10.5 Å². The normalized spacial score (nSPS) is 29.1. The summed E-state index contributed by atoms with van der Waals surface area (Å²) in [5.41, 5.74) is 5.39. The molecule has 0 radical (unpaired) electrons. The lowest BCUT2D eigenvalue weighted by Crippen LogP contribution is -2.47. The lowest BCUT2D eigenvalue weighted by molar-refractivity contribution is 0.0845. The highest BCUT2D eigenvalue weighted by Gasteiger charge is 2.42. The summed E-state index contributed by atoms with van der Waals surface area (Å²) in [4.78, 5) is 0. The number of nitrogens with two attached hydrogens (primary N) is 1. The van der Waals surface area contributed by atoms with Crippen LogP contribution in [-0.2, 0) is 14.9 Å². The van der Waals surface area contributed by atoms with E-state index >= 15 is 0 Å². The molecule has 7 heteroatoms. The lowest BCUT2D eigenvalue weighted by Gasteiger charge is -2.23. The maximum Gasteiger partial charge on any atom is 0.279 e. The standard InChI is InChI=1S/C11H23N3O3S/c1-14(7-2-6-12)18(15,16)13-10-5-8-17-11(10)9-3-4-9/h9-11,13H,2-8,12H2,1H3. The summed E-state index contributed by atoms with van der Waals surface area (Å²) in [6.07, 6.45) is 3.83. The van der Waals surface area contributed by atoms with Crippen LogP contribution in [0.1, 0.15) is 25.7 Å². The van der Waals surface area contributed by atoms with E-state index in [0.29, 0.717) is 32.0 Å². The van der Waals surface area contributed by atoms with Gasteiger partial charge in [0.2, 0.25) is 0 Å². The second-order valence-electron chi connectivity index (χ2n) is 5.15. The second kappa shape index (κ2) is 5.83. The van der Waals surface area contributed by atoms with Crippen molar-refractivity contribution in [1.29, 1.82) is 0 Å². The van der Waals surface area contributed by atoms with Crippen LogP contribution in [0.5, 0.6) is 0 Å². The fourth-order valence-electron chi connectivity index (χ4n) is 2.34. The van der Waals surface area contributed by atoms with Gasteiger partial charge in [-0.25, -0.2) is 0 Å². The average molecular weight is 277 g/mol. The Hall–Kier alpha value is -0.210. The first-order chi connectivity index (χ1) is 8.54. The zero-order valence-corrected chi connectivity index (χ0v) is 11.7. The number of ether oxygens (including phenoxy) is 1. The monoisotopic (exact) mass is 277 g/mol. The SMILES string of the molecule is CN(CCCN)S(=O)(=O)NC1CCOC1C1CC1. The first kappa shape index (κ1) is 14.2. The van der Waals surface area contributed by atoms with Gasteiger partial charge in [-0.1, -0.05) is 0 Å². The van der Waals surface area contributed by atoms with E-state index in [-0.39, 0.29) is 12.1 Å². The summed E-state index contributed by atoms with van der Waals surface area (Å²) in [6, 6.07) is -0.0668. The minimum atomic E-state index is -3.41. The van der Waals surface area contributed by atoms with E-state index in [1.165, 1.54) is 4.31 Å². The minimum absolute atomic E-state index is 0.0668. The Labute approximate surface area is 109 Å². The number of nitrogens with one attached hydrogen (secondary N) is 1. The van der Waals surface area contributed by atoms with Crippen LogP contribution in [0.15, 0.2) is 0 Å². The Kier molecular flexibility index (Phi) is 4.60. The molecular weight excluding hydrogens is 254 g/mol. The molecule has 2 unspecified atom stereocenters. The molecule has 1 aliphatic carbocycles. The maximum absolute atomic E-state index is 12.1. The zero-order valence-electron chi connectivity index (χ0n) is 10.8. The predicted octanol–water partition coefficient (Wildman–Crippen LogP) is -0.331. The van der Waals surface area contributed by atoms with Gasteiger partial charge in [-0.15, -0.1) is 0 Å². The van der Waals surface area contributed by atoms with Gasteiger partial charge in [-0.3, -0.25) is 0 Å². The van der Waals surface area contributed by atoms with Gasteiger partial charge in [0, 0.05) is 20.2 Å². The Morgan fingerprint density at radius 2 is 2.11 bits per heavy atom. The van der Waals surface area contributed by atoms with Crippen molar-refractivity contribution in [3.63, 3.8) is 0 Å². The summed E-state index contributed by atoms with van der Waals surface area (Å²) in [5, 5.41) is 0. The smallest absolute Gasteiger partial charge is 0.279 e. The van der Waals surface area contributed by atoms with Crippen LogP contribution in [0.25, 0.3) is 0 Å². The third-order valence-electron chi connectivity index (χ3n) is 3.61. The van der Waals surface area contributed by atoms with Crippen molar-refractivity contribution in [3.8, 4) is 0 Å². The summed E-state index contributed by atoms with van der Waals surface area (Å²) in [6.45, 7) is 1.60. The highest BCUT2D eigenvalue weighted by Crippen LogP contribution is 2.38. The Bertz CT molecular complexity index is 370. The van der Waals surface area contributed by atoms with Gasteiger partial charge in [0.25, 0.3) is 10.2 Å². The molecule has 1 aliphatic heterocycles. The van der Waals surface area contributed by atoms with Gasteiger partial charge in [-0.05, 0) is 38.1 Å². The van der Waals surface area contributed by atoms with E-state index in [0.717, 1.165) is 19.3 Å². The summed E-state index contributed by atoms with van der Waals surface area (Å²) >= 11 is 0. The summed E-state index contributed by atoms with van der Waals surface area (Å²) in [7, 11) is -1.82. The molecule has 2 atom stereocenters. The zero-order chi connectivity index (χ0) is 13.2. The molecule has 1 saturated heterocycles. The molecule has 2 rings (SSSR count). The molecule has 1 saturated carbocycles. The van der Waals surface area contributed by atoms with Crippen molar-refractivity contribution in [2.45, 2.75) is 37.8 Å². The molecule has 0 aromatic rings. The molecule has 3 N–H and O–H groups in total. The van der Waals surface area contributed by atoms with E-state index in [1.54, 1.807) is 7.05 Å². The largest absolute Gasteiger partial charge is 0.376 e. The van der Waals surface area contributed by atoms with Crippen LogP contribution < -0.4 is 10.5 Å². The molecule has 2 fully saturated rings. The molecule has 18 heavy (non-hydrogen) atoms. The third kappa shape index (κ3) is 3.42. The van der Waals surface area contributed by atoms with Crippen molar-refractivity contribution >= 4 is 10.2 Å². The summed E-state index contributed by atoms with van der Waals surface area (Å²) < 4.78 is 33.9. The first-order valence-corrected chi connectivity index (χ1v) is 8.04. The summed E-state index contributed by atoms with van der Waals surface area (Å²) in [5.74, 6) is 0.551. The highest BCUT2D eigenvalue weighted by molar-refractivity contribution is 7.87. The molecule has 1 heterocycles. The third-order valence-corrected chi connectivity index (χ3v) is 5.21. The molecule has 0 aromatic carbocycles. The quantitative estimate of drug-likeness (QED) is 0.667. The highest BCUT2D eigenvalue weighted by atomic mass is 32.2. The van der Waals surface area contributed by atoms with Gasteiger partial charge >= 0.3 is 0 Å². The van der Waals surface area contributed by atoms with Gasteiger partial charge in [0.15, 0.2) is 0 Å².